The molecule has 0 atom stereocenters. The zero-order chi connectivity index (χ0) is 20.1. The lowest BCUT2D eigenvalue weighted by atomic mass is 9.99. The number of unbranched alkanes of at least 4 members (excludes halogenated alkanes) is 1. The molecule has 0 radical (unpaired) electrons. The van der Waals surface area contributed by atoms with Crippen LogP contribution in [0.3, 0.4) is 0 Å². The van der Waals surface area contributed by atoms with Crippen LogP contribution < -0.4 is 4.74 Å². The van der Waals surface area contributed by atoms with E-state index in [0.717, 1.165) is 24.0 Å². The van der Waals surface area contributed by atoms with Gasteiger partial charge in [0.2, 0.25) is 0 Å². The lowest BCUT2D eigenvalue weighted by Gasteiger charge is -2.10. The highest BCUT2D eigenvalue weighted by Crippen LogP contribution is 2.34. The van der Waals surface area contributed by atoms with Gasteiger partial charge in [-0.25, -0.2) is 8.78 Å². The molecule has 0 N–H and O–H groups in total. The lowest BCUT2D eigenvalue weighted by Crippen LogP contribution is -2.07. The Kier molecular flexibility index (Phi) is 6.42. The third-order valence-corrected chi connectivity index (χ3v) is 4.65. The monoisotopic (exact) mass is 400 g/mol. The molecule has 0 fully saturated rings. The Hall–Kier alpha value is -2.72. The first-order valence-corrected chi connectivity index (χ1v) is 9.42. The summed E-state index contributed by atoms with van der Waals surface area (Å²) in [5.41, 5.74) is 2.44. The highest BCUT2D eigenvalue weighted by molar-refractivity contribution is 6.33. The van der Waals surface area contributed by atoms with Gasteiger partial charge in [-0.3, -0.25) is 4.79 Å². The van der Waals surface area contributed by atoms with Crippen molar-refractivity contribution in [2.45, 2.75) is 26.2 Å². The van der Waals surface area contributed by atoms with Crippen molar-refractivity contribution in [3.05, 3.63) is 77.3 Å². The van der Waals surface area contributed by atoms with Gasteiger partial charge in [-0.1, -0.05) is 49.2 Å². The van der Waals surface area contributed by atoms with E-state index < -0.39 is 5.82 Å². The van der Waals surface area contributed by atoms with Crippen molar-refractivity contribution in [1.82, 2.24) is 0 Å². The maximum Gasteiger partial charge on any atom is 0.311 e. The van der Waals surface area contributed by atoms with Crippen molar-refractivity contribution in [3.8, 4) is 28.0 Å². The Balaban J connectivity index is 1.82. The molecule has 0 bridgehead atoms. The molecule has 0 unspecified atom stereocenters. The number of ether oxygens (including phenoxy) is 1. The van der Waals surface area contributed by atoms with E-state index in [1.54, 1.807) is 42.5 Å². The van der Waals surface area contributed by atoms with E-state index in [9.17, 15) is 13.6 Å². The summed E-state index contributed by atoms with van der Waals surface area (Å²) in [7, 11) is 0. The summed E-state index contributed by atoms with van der Waals surface area (Å²) in [6.07, 6.45) is 1.93. The SMILES string of the molecule is CCCCC(=O)Oc1ccc(-c2ccc(-c3ccc(F)cc3)c(Cl)c2)c(F)c1. The van der Waals surface area contributed by atoms with Crippen LogP contribution in [0.25, 0.3) is 22.3 Å². The van der Waals surface area contributed by atoms with E-state index in [1.165, 1.54) is 18.2 Å². The van der Waals surface area contributed by atoms with Gasteiger partial charge in [-0.15, -0.1) is 0 Å². The van der Waals surface area contributed by atoms with Gasteiger partial charge in [-0.05, 0) is 47.9 Å². The van der Waals surface area contributed by atoms with Crippen molar-refractivity contribution in [1.29, 1.82) is 0 Å². The first-order chi connectivity index (χ1) is 13.5. The summed E-state index contributed by atoms with van der Waals surface area (Å²) in [6, 6.07) is 15.5. The third-order valence-electron chi connectivity index (χ3n) is 4.34. The quantitative estimate of drug-likeness (QED) is 0.327. The third kappa shape index (κ3) is 4.76. The van der Waals surface area contributed by atoms with Crippen LogP contribution in [0.2, 0.25) is 5.02 Å². The number of esters is 1. The van der Waals surface area contributed by atoms with Gasteiger partial charge >= 0.3 is 5.97 Å². The molecule has 144 valence electrons. The Labute approximate surface area is 167 Å². The molecule has 3 aromatic rings. The second-order valence-electron chi connectivity index (χ2n) is 6.42. The largest absolute Gasteiger partial charge is 0.426 e. The van der Waals surface area contributed by atoms with E-state index in [1.807, 2.05) is 6.92 Å². The summed E-state index contributed by atoms with van der Waals surface area (Å²) in [6.45, 7) is 1.98. The Bertz CT molecular complexity index is 984. The van der Waals surface area contributed by atoms with Gasteiger partial charge in [0.1, 0.15) is 17.4 Å². The van der Waals surface area contributed by atoms with Gasteiger partial charge < -0.3 is 4.74 Å². The van der Waals surface area contributed by atoms with E-state index in [-0.39, 0.29) is 17.5 Å². The maximum absolute atomic E-state index is 14.6. The number of benzene rings is 3. The first kappa shape index (κ1) is 20.0. The fourth-order valence-corrected chi connectivity index (χ4v) is 3.13. The molecule has 0 aliphatic heterocycles. The highest BCUT2D eigenvalue weighted by atomic mass is 35.5. The van der Waals surface area contributed by atoms with Crippen LogP contribution in [0, 0.1) is 11.6 Å². The molecule has 0 saturated heterocycles. The number of carbonyl (C=O) groups is 1. The van der Waals surface area contributed by atoms with E-state index in [0.29, 0.717) is 22.6 Å². The summed E-state index contributed by atoms with van der Waals surface area (Å²) >= 11 is 6.37. The number of halogens is 3. The van der Waals surface area contributed by atoms with Crippen molar-refractivity contribution in [2.24, 2.45) is 0 Å². The molecule has 0 heterocycles. The molecule has 3 aromatic carbocycles. The van der Waals surface area contributed by atoms with Gasteiger partial charge in [0.15, 0.2) is 0 Å². The Morgan fingerprint density at radius 2 is 1.61 bits per heavy atom. The van der Waals surface area contributed by atoms with Crippen molar-refractivity contribution in [3.63, 3.8) is 0 Å². The zero-order valence-electron chi connectivity index (χ0n) is 15.3. The molecule has 0 aromatic heterocycles. The zero-order valence-corrected chi connectivity index (χ0v) is 16.1. The number of rotatable bonds is 6. The van der Waals surface area contributed by atoms with E-state index in [2.05, 4.69) is 0 Å². The normalized spacial score (nSPS) is 10.7. The molecule has 0 spiro atoms. The minimum Gasteiger partial charge on any atom is -0.426 e. The van der Waals surface area contributed by atoms with Gasteiger partial charge in [0, 0.05) is 28.6 Å². The van der Waals surface area contributed by atoms with Crippen LogP contribution in [0.1, 0.15) is 26.2 Å². The van der Waals surface area contributed by atoms with Crippen LogP contribution in [0.5, 0.6) is 5.75 Å². The van der Waals surface area contributed by atoms with E-state index >= 15 is 0 Å². The molecule has 28 heavy (non-hydrogen) atoms. The smallest absolute Gasteiger partial charge is 0.311 e. The van der Waals surface area contributed by atoms with Gasteiger partial charge in [0.25, 0.3) is 0 Å². The van der Waals surface area contributed by atoms with Crippen LogP contribution in [-0.2, 0) is 4.79 Å². The molecule has 0 amide bonds. The predicted molar refractivity (Wildman–Crippen MR) is 107 cm³/mol. The minimum atomic E-state index is -0.508. The van der Waals surface area contributed by atoms with Gasteiger partial charge in [0.05, 0.1) is 0 Å². The van der Waals surface area contributed by atoms with Crippen molar-refractivity contribution >= 4 is 17.6 Å². The second-order valence-corrected chi connectivity index (χ2v) is 6.83. The fraction of sp³-hybridized carbons (Fsp3) is 0.174. The standard InChI is InChI=1S/C23H19ClF2O2/c1-2-3-4-23(27)28-18-10-12-20(22(26)14-18)16-7-11-19(21(24)13-16)15-5-8-17(25)9-6-15/h5-14H,2-4H2,1H3. The van der Waals surface area contributed by atoms with Crippen LogP contribution in [-0.4, -0.2) is 5.97 Å². The van der Waals surface area contributed by atoms with Crippen LogP contribution in [0.4, 0.5) is 8.78 Å². The molecule has 5 heteroatoms. The number of hydrogen-bond donors (Lipinski definition) is 0. The van der Waals surface area contributed by atoms with Crippen molar-refractivity contribution in [2.75, 3.05) is 0 Å². The molecule has 3 rings (SSSR count). The predicted octanol–water partition coefficient (Wildman–Crippen LogP) is 7.05. The summed E-state index contributed by atoms with van der Waals surface area (Å²) in [5, 5.41) is 0.429. The van der Waals surface area contributed by atoms with Gasteiger partial charge in [-0.2, -0.15) is 0 Å². The second kappa shape index (κ2) is 8.98. The van der Waals surface area contributed by atoms with Crippen molar-refractivity contribution < 1.29 is 18.3 Å². The first-order valence-electron chi connectivity index (χ1n) is 9.04. The molecular formula is C23H19ClF2O2. The molecule has 0 aliphatic rings. The summed E-state index contributed by atoms with van der Waals surface area (Å²) < 4.78 is 32.8. The lowest BCUT2D eigenvalue weighted by molar-refractivity contribution is -0.134. The minimum absolute atomic E-state index is 0.177. The average Bonchev–Trinajstić information content (AvgIpc) is 2.67. The molecule has 0 aliphatic carbocycles. The summed E-state index contributed by atoms with van der Waals surface area (Å²) in [4.78, 5) is 11.7. The fourth-order valence-electron chi connectivity index (χ4n) is 2.84. The molecular weight excluding hydrogens is 382 g/mol. The average molecular weight is 401 g/mol. The molecule has 2 nitrogen and oxygen atoms in total. The van der Waals surface area contributed by atoms with Crippen LogP contribution in [0.15, 0.2) is 60.7 Å². The van der Waals surface area contributed by atoms with Crippen LogP contribution >= 0.6 is 11.6 Å². The topological polar surface area (TPSA) is 26.3 Å². The number of hydrogen-bond acceptors (Lipinski definition) is 2. The highest BCUT2D eigenvalue weighted by Gasteiger charge is 2.12. The molecule has 0 saturated carbocycles. The Morgan fingerprint density at radius 3 is 2.25 bits per heavy atom. The van der Waals surface area contributed by atoms with E-state index in [4.69, 9.17) is 16.3 Å². The Morgan fingerprint density at radius 1 is 0.929 bits per heavy atom. The number of carbonyl (C=O) groups excluding carboxylic acids is 1. The maximum atomic E-state index is 14.6. The summed E-state index contributed by atoms with van der Waals surface area (Å²) in [5.74, 6) is -1.03.